The van der Waals surface area contributed by atoms with Gasteiger partial charge in [0, 0.05) is 6.20 Å². The molecule has 1 aliphatic heterocycles. The van der Waals surface area contributed by atoms with Crippen molar-refractivity contribution < 1.29 is 22.4 Å². The number of nitrogens with zero attached hydrogens (tertiary/aromatic N) is 3. The highest BCUT2D eigenvalue weighted by atomic mass is 28.4. The van der Waals surface area contributed by atoms with Gasteiger partial charge in [-0.15, -0.1) is 0 Å². The first-order chi connectivity index (χ1) is 20.3. The molecule has 3 atom stereocenters. The van der Waals surface area contributed by atoms with Crippen LogP contribution in [0.3, 0.4) is 0 Å². The molecule has 3 aromatic rings. The van der Waals surface area contributed by atoms with Gasteiger partial charge in [-0.05, 0) is 39.6 Å². The van der Waals surface area contributed by atoms with E-state index in [-0.39, 0.29) is 5.82 Å². The smallest absolute Gasteiger partial charge is 0.351 e. The zero-order chi connectivity index (χ0) is 32.8. The second kappa shape index (κ2) is 11.6. The van der Waals surface area contributed by atoms with Crippen molar-refractivity contribution in [2.24, 2.45) is 0 Å². The number of nitrogens with two attached hydrogens (primary N) is 1. The molecular weight excluding hydrogens is 599 g/mol. The van der Waals surface area contributed by atoms with Gasteiger partial charge in [-0.2, -0.15) is 19.0 Å². The van der Waals surface area contributed by atoms with Crippen molar-refractivity contribution >= 4 is 32.8 Å². The molecule has 0 bridgehead atoms. The van der Waals surface area contributed by atoms with E-state index in [0.717, 1.165) is 16.6 Å². The van der Waals surface area contributed by atoms with Crippen LogP contribution in [0.15, 0.2) is 77.7 Å². The molecule has 1 fully saturated rings. The van der Waals surface area contributed by atoms with Crippen molar-refractivity contribution in [3.63, 3.8) is 0 Å². The van der Waals surface area contributed by atoms with Gasteiger partial charge in [0.05, 0.1) is 6.61 Å². The molecule has 12 heteroatoms. The van der Waals surface area contributed by atoms with Gasteiger partial charge in [-0.25, -0.2) is 4.79 Å². The minimum absolute atomic E-state index is 0.122. The normalized spacial score (nSPS) is 22.5. The lowest BCUT2D eigenvalue weighted by Crippen LogP contribution is -2.68. The van der Waals surface area contributed by atoms with Crippen LogP contribution < -0.4 is 21.8 Å². The van der Waals surface area contributed by atoms with Crippen LogP contribution in [0.4, 0.5) is 14.6 Å². The Kier molecular flexibility index (Phi) is 8.89. The summed E-state index contributed by atoms with van der Waals surface area (Å²) < 4.78 is 53.5. The van der Waals surface area contributed by atoms with Crippen molar-refractivity contribution in [3.8, 4) is 6.07 Å². The summed E-state index contributed by atoms with van der Waals surface area (Å²) in [6.45, 7) is 15.1. The van der Waals surface area contributed by atoms with Crippen LogP contribution in [0, 0.1) is 11.3 Å². The number of rotatable bonds is 8. The Balaban J connectivity index is 1.92. The molecule has 4 rings (SSSR count). The number of aromatic nitrogens is 2. The Hall–Kier alpha value is -3.22. The topological polar surface area (TPSA) is 112 Å². The molecule has 0 amide bonds. The third-order valence-electron chi connectivity index (χ3n) is 8.86. The van der Waals surface area contributed by atoms with Crippen molar-refractivity contribution in [2.75, 3.05) is 12.3 Å². The highest BCUT2D eigenvalue weighted by Crippen LogP contribution is 2.52. The average Bonchev–Trinajstić information content (AvgIpc) is 3.15. The van der Waals surface area contributed by atoms with Crippen LogP contribution in [-0.2, 0) is 13.6 Å². The van der Waals surface area contributed by atoms with Crippen LogP contribution in [0.25, 0.3) is 0 Å². The van der Waals surface area contributed by atoms with Crippen LogP contribution in [0.5, 0.6) is 0 Å². The molecule has 8 nitrogen and oxygen atoms in total. The molecule has 0 spiro atoms. The number of halogens is 2. The van der Waals surface area contributed by atoms with E-state index in [1.54, 1.807) is 0 Å². The molecule has 1 aliphatic rings. The minimum Gasteiger partial charge on any atom is -0.404 e. The van der Waals surface area contributed by atoms with Crippen LogP contribution in [-0.4, -0.2) is 50.4 Å². The molecule has 0 aliphatic carbocycles. The van der Waals surface area contributed by atoms with Gasteiger partial charge in [-0.1, -0.05) is 102 Å². The summed E-state index contributed by atoms with van der Waals surface area (Å²) in [5.41, 5.74) is 2.33. The molecule has 0 radical (unpaired) electrons. The predicted octanol–water partition coefficient (Wildman–Crippen LogP) is 5.22. The summed E-state index contributed by atoms with van der Waals surface area (Å²) in [4.78, 5) is 16.4. The third-order valence-corrected chi connectivity index (χ3v) is 18.3. The largest absolute Gasteiger partial charge is 0.404 e. The lowest BCUT2D eigenvalue weighted by atomic mass is 9.97. The number of hydrogen-bond acceptors (Lipinski definition) is 7. The van der Waals surface area contributed by atoms with E-state index in [1.165, 1.54) is 6.07 Å². The fourth-order valence-corrected chi connectivity index (χ4v) is 11.4. The van der Waals surface area contributed by atoms with E-state index in [1.807, 2.05) is 121 Å². The van der Waals surface area contributed by atoms with Gasteiger partial charge >= 0.3 is 11.6 Å². The zero-order valence-corrected chi connectivity index (χ0v) is 28.6. The van der Waals surface area contributed by atoms with E-state index in [0.29, 0.717) is 4.57 Å². The van der Waals surface area contributed by atoms with Gasteiger partial charge in [0.1, 0.15) is 11.9 Å². The lowest BCUT2D eigenvalue weighted by Gasteiger charge is -2.45. The first kappa shape index (κ1) is 33.7. The number of hydrogen-bond donors (Lipinski definition) is 1. The molecule has 2 heterocycles. The Morgan fingerprint density at radius 3 is 1.93 bits per heavy atom. The molecule has 2 aromatic carbocycles. The van der Waals surface area contributed by atoms with Gasteiger partial charge in [0.25, 0.3) is 8.32 Å². The Morgan fingerprint density at radius 2 is 1.50 bits per heavy atom. The number of nitrogen functional groups attached to an aromatic ring is 1. The van der Waals surface area contributed by atoms with Crippen molar-refractivity contribution in [2.45, 2.75) is 88.6 Å². The van der Waals surface area contributed by atoms with Crippen molar-refractivity contribution in [1.29, 1.82) is 5.26 Å². The molecule has 44 heavy (non-hydrogen) atoms. The lowest BCUT2D eigenvalue weighted by molar-refractivity contribution is -0.140. The molecule has 2 N–H and O–H groups in total. The summed E-state index contributed by atoms with van der Waals surface area (Å²) in [6.07, 6.45) is -3.13. The van der Waals surface area contributed by atoms with Crippen molar-refractivity contribution in [3.05, 3.63) is 83.4 Å². The van der Waals surface area contributed by atoms with Crippen LogP contribution in [0.2, 0.25) is 23.2 Å². The highest BCUT2D eigenvalue weighted by molar-refractivity contribution is 6.99. The maximum absolute atomic E-state index is 16.7. The fourth-order valence-electron chi connectivity index (χ4n) is 5.48. The average molecular weight is 641 g/mol. The highest BCUT2D eigenvalue weighted by Gasteiger charge is 2.71. The monoisotopic (exact) mass is 640 g/mol. The quantitative estimate of drug-likeness (QED) is 0.336. The zero-order valence-electron chi connectivity index (χ0n) is 26.6. The third kappa shape index (κ3) is 5.79. The number of ether oxygens (including phenoxy) is 1. The maximum atomic E-state index is 16.7. The van der Waals surface area contributed by atoms with Crippen molar-refractivity contribution in [1.82, 2.24) is 9.55 Å². The van der Waals surface area contributed by atoms with Gasteiger partial charge < -0.3 is 19.3 Å². The summed E-state index contributed by atoms with van der Waals surface area (Å²) in [7, 11) is -6.22. The van der Waals surface area contributed by atoms with E-state index >= 15 is 8.78 Å². The molecule has 236 valence electrons. The minimum atomic E-state index is -3.82. The van der Waals surface area contributed by atoms with Crippen LogP contribution >= 0.6 is 0 Å². The predicted molar refractivity (Wildman–Crippen MR) is 172 cm³/mol. The second-order valence-corrected chi connectivity index (χ2v) is 23.0. The number of benzene rings is 2. The molecular formula is C32H42F2N4O4Si2. The number of anilines is 1. The van der Waals surface area contributed by atoms with Gasteiger partial charge in [0.15, 0.2) is 14.4 Å². The summed E-state index contributed by atoms with van der Waals surface area (Å²) in [5, 5.41) is 11.6. The Labute approximate surface area is 260 Å². The fraction of sp³-hybridized carbons (Fsp3) is 0.469. The number of alkyl halides is 2. The molecule has 1 saturated heterocycles. The molecule has 1 aromatic heterocycles. The summed E-state index contributed by atoms with van der Waals surface area (Å²) in [5.74, 6) is -3.94. The SMILES string of the molecule is CC(C)(C)[Si](C)(C)O[C@H]1C(F)(F)[C@H](n2ccc(N)nc2=O)O[C@]1(C#N)CO[Si](c1ccccc1)(c1ccccc1)C(C)(C)C. The van der Waals surface area contributed by atoms with E-state index in [2.05, 4.69) is 4.98 Å². The molecule has 0 unspecified atom stereocenters. The number of nitriles is 1. The standard InChI is InChI=1S/C32H42F2N4O4Si2/c1-29(2,3)43(7,8)42-26-31(21-35,41-27(32(26,33)34)38-20-19-25(36)37-28(38)39)22-40-44(30(4,5)6,23-15-11-9-12-16-23)24-17-13-10-14-18-24/h9-20,26-27H,22H2,1-8H3,(H2,36,37,39)/t26-,27-,31-/m1/s1. The first-order valence-electron chi connectivity index (χ1n) is 14.6. The van der Waals surface area contributed by atoms with E-state index in [9.17, 15) is 10.1 Å². The Morgan fingerprint density at radius 1 is 0.977 bits per heavy atom. The van der Waals surface area contributed by atoms with Crippen LogP contribution in [0.1, 0.15) is 47.8 Å². The summed E-state index contributed by atoms with van der Waals surface area (Å²) >= 11 is 0. The van der Waals surface area contributed by atoms with Gasteiger partial charge in [0.2, 0.25) is 11.8 Å². The van der Waals surface area contributed by atoms with E-state index in [4.69, 9.17) is 19.3 Å². The van der Waals surface area contributed by atoms with E-state index < -0.39 is 62.9 Å². The second-order valence-electron chi connectivity index (χ2n) is 13.9. The molecule has 0 saturated carbocycles. The van der Waals surface area contributed by atoms with Gasteiger partial charge in [-0.3, -0.25) is 4.57 Å². The maximum Gasteiger partial charge on any atom is 0.351 e. The Bertz CT molecular complexity index is 1530. The first-order valence-corrected chi connectivity index (χ1v) is 19.4. The summed E-state index contributed by atoms with van der Waals surface area (Å²) in [6, 6.07) is 22.6.